The van der Waals surface area contributed by atoms with Crippen LogP contribution in [0.5, 0.6) is 0 Å². The Morgan fingerprint density at radius 1 is 1.19 bits per heavy atom. The van der Waals surface area contributed by atoms with E-state index in [0.29, 0.717) is 52.0 Å². The summed E-state index contributed by atoms with van der Waals surface area (Å²) in [4.78, 5) is 10.0. The fourth-order valence-electron chi connectivity index (χ4n) is 3.39. The van der Waals surface area contributed by atoms with Crippen LogP contribution < -0.4 is 5.32 Å². The van der Waals surface area contributed by atoms with Crippen molar-refractivity contribution in [3.8, 4) is 0 Å². The summed E-state index contributed by atoms with van der Waals surface area (Å²) in [5, 5.41) is 13.3. The van der Waals surface area contributed by atoms with Gasteiger partial charge in [0, 0.05) is 38.4 Å². The molecule has 0 unspecified atom stereocenters. The number of ether oxygens (including phenoxy) is 1. The average Bonchev–Trinajstić information content (AvgIpc) is 2.64. The lowest BCUT2D eigenvalue weighted by Crippen LogP contribution is -2.47. The molecule has 1 aromatic carbocycles. The van der Waals surface area contributed by atoms with Crippen LogP contribution in [-0.2, 0) is 14.8 Å². The second kappa shape index (κ2) is 7.85. The molecule has 0 bridgehead atoms. The van der Waals surface area contributed by atoms with Gasteiger partial charge in [-0.3, -0.25) is 10.1 Å². The number of piperidine rings is 1. The van der Waals surface area contributed by atoms with Crippen molar-refractivity contribution in [2.75, 3.05) is 31.6 Å². The summed E-state index contributed by atoms with van der Waals surface area (Å²) >= 11 is 0. The molecule has 0 radical (unpaired) electrons. The zero-order valence-corrected chi connectivity index (χ0v) is 15.1. The summed E-state index contributed by atoms with van der Waals surface area (Å²) in [6.45, 7) is 1.71. The van der Waals surface area contributed by atoms with Crippen molar-refractivity contribution in [1.82, 2.24) is 4.31 Å². The molecule has 0 aliphatic carbocycles. The van der Waals surface area contributed by atoms with Gasteiger partial charge in [-0.25, -0.2) is 17.1 Å². The van der Waals surface area contributed by atoms with Crippen LogP contribution in [0.15, 0.2) is 18.2 Å². The SMILES string of the molecule is O=[N+]([O-])c1ccc(NC2CCN(S(=O)(=O)C3CCOCC3)CC2)c(F)c1. The third kappa shape index (κ3) is 4.13. The molecule has 0 amide bonds. The normalized spacial score (nSPS) is 20.8. The summed E-state index contributed by atoms with van der Waals surface area (Å²) in [7, 11) is -3.33. The predicted octanol–water partition coefficient (Wildman–Crippen LogP) is 2.12. The Kier molecular flexibility index (Phi) is 5.73. The Balaban J connectivity index is 1.58. The third-order valence-corrected chi connectivity index (χ3v) is 7.33. The molecule has 144 valence electrons. The van der Waals surface area contributed by atoms with Gasteiger partial charge in [0.05, 0.1) is 21.9 Å². The van der Waals surface area contributed by atoms with Crippen molar-refractivity contribution >= 4 is 21.4 Å². The van der Waals surface area contributed by atoms with Gasteiger partial charge in [-0.1, -0.05) is 0 Å². The van der Waals surface area contributed by atoms with Crippen LogP contribution >= 0.6 is 0 Å². The van der Waals surface area contributed by atoms with Gasteiger partial charge in [-0.15, -0.1) is 0 Å². The maximum atomic E-state index is 14.0. The number of hydrogen-bond acceptors (Lipinski definition) is 6. The van der Waals surface area contributed by atoms with Crippen LogP contribution in [0.4, 0.5) is 15.8 Å². The maximum absolute atomic E-state index is 14.0. The molecule has 8 nitrogen and oxygen atoms in total. The second-order valence-corrected chi connectivity index (χ2v) is 8.81. The summed E-state index contributed by atoms with van der Waals surface area (Å²) in [5.41, 5.74) is -0.105. The molecule has 0 saturated carbocycles. The minimum Gasteiger partial charge on any atom is -0.381 e. The van der Waals surface area contributed by atoms with Crippen LogP contribution in [0, 0.1) is 15.9 Å². The molecule has 1 aromatic rings. The first-order valence-corrected chi connectivity index (χ1v) is 10.2. The smallest absolute Gasteiger partial charge is 0.272 e. The number of nitro groups is 1. The number of rotatable bonds is 5. The van der Waals surface area contributed by atoms with E-state index in [1.165, 1.54) is 16.4 Å². The molecule has 2 heterocycles. The minimum atomic E-state index is -3.33. The van der Waals surface area contributed by atoms with E-state index in [9.17, 15) is 22.9 Å². The van der Waals surface area contributed by atoms with Crippen LogP contribution in [-0.4, -0.2) is 55.2 Å². The summed E-state index contributed by atoms with van der Waals surface area (Å²) in [6.07, 6.45) is 2.15. The highest BCUT2D eigenvalue weighted by atomic mass is 32.2. The van der Waals surface area contributed by atoms with Crippen molar-refractivity contribution in [3.63, 3.8) is 0 Å². The number of benzene rings is 1. The topological polar surface area (TPSA) is 102 Å². The number of nitrogens with zero attached hydrogens (tertiary/aromatic N) is 2. The molecule has 2 aliphatic rings. The fourth-order valence-corrected chi connectivity index (χ4v) is 5.32. The van der Waals surface area contributed by atoms with Crippen molar-refractivity contribution < 1.29 is 22.5 Å². The Labute approximate surface area is 151 Å². The first-order chi connectivity index (χ1) is 12.4. The zero-order valence-electron chi connectivity index (χ0n) is 14.3. The predicted molar refractivity (Wildman–Crippen MR) is 94.0 cm³/mol. The Bertz CT molecular complexity index is 759. The quantitative estimate of drug-likeness (QED) is 0.613. The summed E-state index contributed by atoms with van der Waals surface area (Å²) in [5.74, 6) is -0.684. The lowest BCUT2D eigenvalue weighted by Gasteiger charge is -2.35. The zero-order chi connectivity index (χ0) is 18.7. The van der Waals surface area contributed by atoms with Crippen molar-refractivity contribution in [1.29, 1.82) is 0 Å². The number of hydrogen-bond donors (Lipinski definition) is 1. The highest BCUT2D eigenvalue weighted by molar-refractivity contribution is 7.89. The van der Waals surface area contributed by atoms with E-state index in [0.717, 1.165) is 6.07 Å². The van der Waals surface area contributed by atoms with Crippen molar-refractivity contribution in [2.45, 2.75) is 37.0 Å². The molecule has 2 fully saturated rings. The standard InChI is InChI=1S/C16H22FN3O5S/c17-15-11-13(20(21)22)1-2-16(15)18-12-3-7-19(8-4-12)26(23,24)14-5-9-25-10-6-14/h1-2,11-12,14,18H,3-10H2. The van der Waals surface area contributed by atoms with Crippen LogP contribution in [0.2, 0.25) is 0 Å². The van der Waals surface area contributed by atoms with E-state index < -0.39 is 20.8 Å². The van der Waals surface area contributed by atoms with E-state index >= 15 is 0 Å². The first kappa shape index (κ1) is 19.0. The van der Waals surface area contributed by atoms with Gasteiger partial charge < -0.3 is 10.1 Å². The Morgan fingerprint density at radius 2 is 1.85 bits per heavy atom. The van der Waals surface area contributed by atoms with Gasteiger partial charge >= 0.3 is 0 Å². The number of non-ortho nitro benzene ring substituents is 1. The molecule has 1 N–H and O–H groups in total. The largest absolute Gasteiger partial charge is 0.381 e. The van der Waals surface area contributed by atoms with E-state index in [1.54, 1.807) is 0 Å². The Morgan fingerprint density at radius 3 is 2.42 bits per heavy atom. The van der Waals surface area contributed by atoms with Crippen molar-refractivity contribution in [3.05, 3.63) is 34.1 Å². The van der Waals surface area contributed by atoms with E-state index in [2.05, 4.69) is 5.32 Å². The number of sulfonamides is 1. The van der Waals surface area contributed by atoms with Crippen LogP contribution in [0.25, 0.3) is 0 Å². The van der Waals surface area contributed by atoms with Gasteiger partial charge in [0.25, 0.3) is 5.69 Å². The highest BCUT2D eigenvalue weighted by Gasteiger charge is 2.35. The van der Waals surface area contributed by atoms with E-state index in [1.807, 2.05) is 0 Å². The van der Waals surface area contributed by atoms with Gasteiger partial charge in [-0.2, -0.15) is 0 Å². The van der Waals surface area contributed by atoms with E-state index in [-0.39, 0.29) is 22.7 Å². The van der Waals surface area contributed by atoms with Crippen LogP contribution in [0.3, 0.4) is 0 Å². The second-order valence-electron chi connectivity index (χ2n) is 6.60. The molecular formula is C16H22FN3O5S. The molecule has 2 aliphatic heterocycles. The molecule has 26 heavy (non-hydrogen) atoms. The molecule has 10 heteroatoms. The van der Waals surface area contributed by atoms with Gasteiger partial charge in [0.15, 0.2) is 5.82 Å². The Hall–Kier alpha value is -1.78. The van der Waals surface area contributed by atoms with Crippen molar-refractivity contribution in [2.24, 2.45) is 0 Å². The molecule has 0 spiro atoms. The van der Waals surface area contributed by atoms with Gasteiger partial charge in [0.2, 0.25) is 10.0 Å². The third-order valence-electron chi connectivity index (χ3n) is 4.93. The average molecular weight is 387 g/mol. The van der Waals surface area contributed by atoms with Crippen LogP contribution in [0.1, 0.15) is 25.7 Å². The number of halogens is 1. The molecule has 2 saturated heterocycles. The molecule has 0 atom stereocenters. The fraction of sp³-hybridized carbons (Fsp3) is 0.625. The highest BCUT2D eigenvalue weighted by Crippen LogP contribution is 2.26. The number of nitro benzene ring substituents is 1. The molecule has 0 aromatic heterocycles. The number of anilines is 1. The first-order valence-electron chi connectivity index (χ1n) is 8.65. The van der Waals surface area contributed by atoms with Gasteiger partial charge in [0.1, 0.15) is 0 Å². The summed E-state index contributed by atoms with van der Waals surface area (Å²) < 4.78 is 46.1. The molecular weight excluding hydrogens is 365 g/mol. The number of nitrogens with one attached hydrogen (secondary N) is 1. The lowest BCUT2D eigenvalue weighted by atomic mass is 10.1. The lowest BCUT2D eigenvalue weighted by molar-refractivity contribution is -0.385. The molecule has 3 rings (SSSR count). The van der Waals surface area contributed by atoms with Gasteiger partial charge in [-0.05, 0) is 31.7 Å². The van der Waals surface area contributed by atoms with E-state index in [4.69, 9.17) is 4.74 Å². The summed E-state index contributed by atoms with van der Waals surface area (Å²) in [6, 6.07) is 3.40. The monoisotopic (exact) mass is 387 g/mol. The maximum Gasteiger partial charge on any atom is 0.272 e. The minimum absolute atomic E-state index is 0.0768.